The fraction of sp³-hybridized carbons (Fsp3) is 0.500. The van der Waals surface area contributed by atoms with E-state index in [4.69, 9.17) is 11.6 Å². The van der Waals surface area contributed by atoms with Crippen molar-refractivity contribution in [3.05, 3.63) is 28.8 Å². The number of rotatable bonds is 3. The van der Waals surface area contributed by atoms with Crippen LogP contribution in [0.15, 0.2) is 18.2 Å². The normalized spacial score (nSPS) is 16.6. The van der Waals surface area contributed by atoms with Crippen LogP contribution < -0.4 is 10.0 Å². The first-order valence-corrected chi connectivity index (χ1v) is 9.31. The quantitative estimate of drug-likeness (QED) is 0.881. The minimum atomic E-state index is -3.20. The number of likely N-dealkylation sites (tertiary alicyclic amines) is 1. The van der Waals surface area contributed by atoms with Crippen LogP contribution in [0.2, 0.25) is 5.02 Å². The van der Waals surface area contributed by atoms with Gasteiger partial charge in [-0.15, -0.1) is 0 Å². The predicted octanol–water partition coefficient (Wildman–Crippen LogP) is 2.19. The number of hydrogen-bond donors (Lipinski definition) is 2. The first-order valence-electron chi connectivity index (χ1n) is 7.04. The molecule has 122 valence electrons. The molecule has 2 N–H and O–H groups in total. The van der Waals surface area contributed by atoms with E-state index in [1.807, 2.05) is 13.0 Å². The van der Waals surface area contributed by atoms with E-state index in [9.17, 15) is 13.2 Å². The summed E-state index contributed by atoms with van der Waals surface area (Å²) in [7, 11) is -3.20. The van der Waals surface area contributed by atoms with Gasteiger partial charge in [-0.3, -0.25) is 0 Å². The lowest BCUT2D eigenvalue weighted by molar-refractivity contribution is 0.193. The average molecular weight is 346 g/mol. The van der Waals surface area contributed by atoms with E-state index >= 15 is 0 Å². The molecule has 1 saturated heterocycles. The smallest absolute Gasteiger partial charge is 0.321 e. The maximum atomic E-state index is 12.2. The Bertz CT molecular complexity index is 655. The Hall–Kier alpha value is -1.31. The monoisotopic (exact) mass is 345 g/mol. The highest BCUT2D eigenvalue weighted by atomic mass is 35.5. The molecule has 2 rings (SSSR count). The van der Waals surface area contributed by atoms with Crippen molar-refractivity contribution in [2.45, 2.75) is 25.8 Å². The molecule has 0 bridgehead atoms. The topological polar surface area (TPSA) is 78.5 Å². The number of hydrogen-bond acceptors (Lipinski definition) is 3. The largest absolute Gasteiger partial charge is 0.324 e. The summed E-state index contributed by atoms with van der Waals surface area (Å²) in [6.07, 6.45) is 2.36. The molecule has 0 radical (unpaired) electrons. The molecule has 0 aliphatic carbocycles. The Kier molecular flexibility index (Phi) is 5.31. The number of nitrogens with zero attached hydrogens (tertiary/aromatic N) is 1. The Morgan fingerprint density at radius 3 is 2.50 bits per heavy atom. The molecule has 1 aromatic rings. The van der Waals surface area contributed by atoms with Crippen LogP contribution in [0.5, 0.6) is 0 Å². The second-order valence-corrected chi connectivity index (χ2v) is 7.73. The first-order chi connectivity index (χ1) is 10.2. The number of anilines is 1. The SMILES string of the molecule is Cc1ccc(NC(=O)N2CCC(NS(C)(=O)=O)CC2)cc1Cl. The van der Waals surface area contributed by atoms with E-state index in [1.165, 1.54) is 0 Å². The van der Waals surface area contributed by atoms with Gasteiger partial charge in [0.25, 0.3) is 0 Å². The Morgan fingerprint density at radius 2 is 1.95 bits per heavy atom. The van der Waals surface area contributed by atoms with E-state index in [2.05, 4.69) is 10.0 Å². The molecule has 1 aliphatic rings. The Morgan fingerprint density at radius 1 is 1.32 bits per heavy atom. The summed E-state index contributed by atoms with van der Waals surface area (Å²) < 4.78 is 25.0. The summed E-state index contributed by atoms with van der Waals surface area (Å²) in [5.74, 6) is 0. The van der Waals surface area contributed by atoms with Crippen molar-refractivity contribution in [2.75, 3.05) is 24.7 Å². The lowest BCUT2D eigenvalue weighted by atomic mass is 10.1. The summed E-state index contributed by atoms with van der Waals surface area (Å²) in [6.45, 7) is 2.92. The Balaban J connectivity index is 1.88. The number of carbonyl (C=O) groups excluding carboxylic acids is 1. The van der Waals surface area contributed by atoms with Crippen LogP contribution in [0.1, 0.15) is 18.4 Å². The molecule has 1 aliphatic heterocycles. The maximum absolute atomic E-state index is 12.2. The average Bonchev–Trinajstić information content (AvgIpc) is 2.42. The number of urea groups is 1. The summed E-state index contributed by atoms with van der Waals surface area (Å²) in [4.78, 5) is 13.9. The fourth-order valence-corrected chi connectivity index (χ4v) is 3.40. The molecule has 1 fully saturated rings. The third-order valence-electron chi connectivity index (χ3n) is 3.59. The molecule has 0 aromatic heterocycles. The predicted molar refractivity (Wildman–Crippen MR) is 87.8 cm³/mol. The van der Waals surface area contributed by atoms with Crippen LogP contribution in [-0.2, 0) is 10.0 Å². The number of sulfonamides is 1. The molecule has 0 spiro atoms. The van der Waals surface area contributed by atoms with Crippen LogP contribution in [-0.4, -0.2) is 44.7 Å². The number of amides is 2. The fourth-order valence-electron chi connectivity index (χ4n) is 2.38. The molecule has 0 saturated carbocycles. The molecule has 6 nitrogen and oxygen atoms in total. The van der Waals surface area contributed by atoms with Gasteiger partial charge in [-0.1, -0.05) is 17.7 Å². The molecule has 1 aromatic carbocycles. The van der Waals surface area contributed by atoms with Crippen molar-refractivity contribution in [1.29, 1.82) is 0 Å². The van der Waals surface area contributed by atoms with Gasteiger partial charge in [-0.25, -0.2) is 17.9 Å². The molecule has 1 heterocycles. The van der Waals surface area contributed by atoms with Gasteiger partial charge in [-0.2, -0.15) is 0 Å². The van der Waals surface area contributed by atoms with Gasteiger partial charge in [0.1, 0.15) is 0 Å². The van der Waals surface area contributed by atoms with Crippen molar-refractivity contribution in [3.8, 4) is 0 Å². The zero-order chi connectivity index (χ0) is 16.3. The summed E-state index contributed by atoms with van der Waals surface area (Å²) in [6, 6.07) is 5.06. The number of halogens is 1. The third-order valence-corrected chi connectivity index (χ3v) is 4.75. The lowest BCUT2D eigenvalue weighted by Gasteiger charge is -2.32. The standard InChI is InChI=1S/C14H20ClN3O3S/c1-10-3-4-12(9-13(10)15)16-14(19)18-7-5-11(6-8-18)17-22(2,20)21/h3-4,9,11,17H,5-8H2,1-2H3,(H,16,19). The molecular formula is C14H20ClN3O3S. The number of piperidine rings is 1. The van der Waals surface area contributed by atoms with Gasteiger partial charge >= 0.3 is 6.03 Å². The van der Waals surface area contributed by atoms with Crippen LogP contribution in [0.3, 0.4) is 0 Å². The zero-order valence-electron chi connectivity index (χ0n) is 12.6. The highest BCUT2D eigenvalue weighted by Gasteiger charge is 2.24. The van der Waals surface area contributed by atoms with E-state index < -0.39 is 10.0 Å². The highest BCUT2D eigenvalue weighted by molar-refractivity contribution is 7.88. The van der Waals surface area contributed by atoms with E-state index in [1.54, 1.807) is 17.0 Å². The number of nitrogens with one attached hydrogen (secondary N) is 2. The lowest BCUT2D eigenvalue weighted by Crippen LogP contribution is -2.47. The molecule has 22 heavy (non-hydrogen) atoms. The number of carbonyl (C=O) groups is 1. The third kappa shape index (κ3) is 4.86. The number of benzene rings is 1. The van der Waals surface area contributed by atoms with Gasteiger partial charge in [0.05, 0.1) is 6.26 Å². The van der Waals surface area contributed by atoms with E-state index in [0.717, 1.165) is 11.8 Å². The minimum Gasteiger partial charge on any atom is -0.324 e. The number of aryl methyl sites for hydroxylation is 1. The highest BCUT2D eigenvalue weighted by Crippen LogP contribution is 2.21. The molecule has 2 amide bonds. The van der Waals surface area contributed by atoms with Crippen LogP contribution in [0.25, 0.3) is 0 Å². The van der Waals surface area contributed by atoms with E-state index in [0.29, 0.717) is 36.6 Å². The summed E-state index contributed by atoms with van der Waals surface area (Å²) in [5.41, 5.74) is 1.60. The van der Waals surface area contributed by atoms with Crippen LogP contribution >= 0.6 is 11.6 Å². The second kappa shape index (κ2) is 6.85. The van der Waals surface area contributed by atoms with Gasteiger partial charge in [0.2, 0.25) is 10.0 Å². The first kappa shape index (κ1) is 17.1. The van der Waals surface area contributed by atoms with Crippen molar-refractivity contribution in [1.82, 2.24) is 9.62 Å². The van der Waals surface area contributed by atoms with Crippen molar-refractivity contribution in [3.63, 3.8) is 0 Å². The molecule has 0 atom stereocenters. The Labute approximate surface area is 135 Å². The van der Waals surface area contributed by atoms with Crippen molar-refractivity contribution >= 4 is 33.3 Å². The second-order valence-electron chi connectivity index (χ2n) is 5.55. The molecule has 0 unspecified atom stereocenters. The van der Waals surface area contributed by atoms with Crippen LogP contribution in [0.4, 0.5) is 10.5 Å². The van der Waals surface area contributed by atoms with E-state index in [-0.39, 0.29) is 12.1 Å². The minimum absolute atomic E-state index is 0.104. The van der Waals surface area contributed by atoms with Crippen LogP contribution in [0, 0.1) is 6.92 Å². The summed E-state index contributed by atoms with van der Waals surface area (Å²) >= 11 is 6.03. The van der Waals surface area contributed by atoms with Gasteiger partial charge in [-0.05, 0) is 37.5 Å². The maximum Gasteiger partial charge on any atom is 0.321 e. The van der Waals surface area contributed by atoms with Crippen molar-refractivity contribution in [2.24, 2.45) is 0 Å². The van der Waals surface area contributed by atoms with Crippen molar-refractivity contribution < 1.29 is 13.2 Å². The molecule has 8 heteroatoms. The molecular weight excluding hydrogens is 326 g/mol. The van der Waals surface area contributed by atoms with Gasteiger partial charge in [0, 0.05) is 29.8 Å². The summed E-state index contributed by atoms with van der Waals surface area (Å²) in [5, 5.41) is 3.41. The van der Waals surface area contributed by atoms with Gasteiger partial charge in [0.15, 0.2) is 0 Å². The van der Waals surface area contributed by atoms with Gasteiger partial charge < -0.3 is 10.2 Å². The zero-order valence-corrected chi connectivity index (χ0v) is 14.2.